The van der Waals surface area contributed by atoms with E-state index >= 15 is 0 Å². The van der Waals surface area contributed by atoms with Crippen molar-refractivity contribution in [2.45, 2.75) is 71.1 Å². The molecule has 0 aromatic rings. The first-order chi connectivity index (χ1) is 8.13. The van der Waals surface area contributed by atoms with Crippen LogP contribution >= 0.6 is 0 Å². The molecule has 0 heterocycles. The Morgan fingerprint density at radius 3 is 1.59 bits per heavy atom. The van der Waals surface area contributed by atoms with Crippen molar-refractivity contribution in [1.29, 1.82) is 0 Å². The summed E-state index contributed by atoms with van der Waals surface area (Å²) in [6, 6.07) is 0. The Morgan fingerprint density at radius 2 is 1.18 bits per heavy atom. The van der Waals surface area contributed by atoms with Crippen molar-refractivity contribution in [3.05, 3.63) is 12.2 Å². The average molecular weight is 239 g/mol. The minimum absolute atomic E-state index is 1.23. The van der Waals surface area contributed by atoms with Gasteiger partial charge in [-0.15, -0.1) is 6.58 Å². The second-order valence-corrected chi connectivity index (χ2v) is 5.69. The van der Waals surface area contributed by atoms with Gasteiger partial charge in [-0.2, -0.15) is 0 Å². The first-order valence-electron chi connectivity index (χ1n) is 7.42. The van der Waals surface area contributed by atoms with Gasteiger partial charge < -0.3 is 4.90 Å². The van der Waals surface area contributed by atoms with Crippen molar-refractivity contribution in [2.75, 3.05) is 20.6 Å². The van der Waals surface area contributed by atoms with Gasteiger partial charge in [0.2, 0.25) is 0 Å². The monoisotopic (exact) mass is 239 g/mol. The Labute approximate surface area is 109 Å². The highest BCUT2D eigenvalue weighted by Crippen LogP contribution is 2.12. The third-order valence-corrected chi connectivity index (χ3v) is 3.21. The first kappa shape index (κ1) is 16.7. The highest BCUT2D eigenvalue weighted by atomic mass is 15.0. The molecule has 0 unspecified atom stereocenters. The van der Waals surface area contributed by atoms with Crippen LogP contribution in [0.5, 0.6) is 0 Å². The Bertz CT molecular complexity index is 172. The molecule has 1 nitrogen and oxygen atoms in total. The zero-order valence-electron chi connectivity index (χ0n) is 12.4. The van der Waals surface area contributed by atoms with Gasteiger partial charge in [-0.25, -0.2) is 0 Å². The maximum absolute atomic E-state index is 3.94. The van der Waals surface area contributed by atoms with Crippen molar-refractivity contribution in [3.63, 3.8) is 0 Å². The molecule has 0 atom stereocenters. The summed E-state index contributed by atoms with van der Waals surface area (Å²) < 4.78 is 0. The molecular formula is C16H33N. The number of hydrogen-bond donors (Lipinski definition) is 0. The van der Waals surface area contributed by atoms with Crippen LogP contribution in [0.3, 0.4) is 0 Å². The van der Waals surface area contributed by atoms with E-state index < -0.39 is 0 Å². The van der Waals surface area contributed by atoms with Crippen molar-refractivity contribution in [1.82, 2.24) is 4.90 Å². The standard InChI is InChI=1S/C16H33N/c1-16(2)14-12-10-8-6-5-7-9-11-13-15-17(3)4/h1,5-15H2,2-4H3. The smallest absolute Gasteiger partial charge is 0.00248 e. The summed E-state index contributed by atoms with van der Waals surface area (Å²) in [6.07, 6.45) is 13.9. The zero-order chi connectivity index (χ0) is 12.9. The number of hydrogen-bond acceptors (Lipinski definition) is 1. The van der Waals surface area contributed by atoms with Gasteiger partial charge in [0, 0.05) is 0 Å². The molecule has 0 rings (SSSR count). The molecule has 0 aliphatic heterocycles. The lowest BCUT2D eigenvalue weighted by molar-refractivity contribution is 0.389. The molecule has 0 aromatic heterocycles. The Hall–Kier alpha value is -0.300. The molecule has 17 heavy (non-hydrogen) atoms. The first-order valence-corrected chi connectivity index (χ1v) is 7.42. The van der Waals surface area contributed by atoms with Crippen LogP contribution < -0.4 is 0 Å². The largest absolute Gasteiger partial charge is 0.309 e. The molecule has 0 aromatic carbocycles. The van der Waals surface area contributed by atoms with Crippen molar-refractivity contribution >= 4 is 0 Å². The van der Waals surface area contributed by atoms with E-state index in [1.165, 1.54) is 76.3 Å². The Morgan fingerprint density at radius 1 is 0.765 bits per heavy atom. The number of nitrogens with zero attached hydrogens (tertiary/aromatic N) is 1. The number of rotatable bonds is 12. The molecular weight excluding hydrogens is 206 g/mol. The van der Waals surface area contributed by atoms with Gasteiger partial charge in [-0.1, -0.05) is 50.5 Å². The van der Waals surface area contributed by atoms with Gasteiger partial charge in [0.15, 0.2) is 0 Å². The van der Waals surface area contributed by atoms with Crippen molar-refractivity contribution < 1.29 is 0 Å². The lowest BCUT2D eigenvalue weighted by Crippen LogP contribution is -2.12. The maximum Gasteiger partial charge on any atom is -0.00248 e. The highest BCUT2D eigenvalue weighted by molar-refractivity contribution is 4.86. The van der Waals surface area contributed by atoms with Crippen molar-refractivity contribution in [2.24, 2.45) is 0 Å². The van der Waals surface area contributed by atoms with Gasteiger partial charge in [0.1, 0.15) is 0 Å². The van der Waals surface area contributed by atoms with E-state index in [4.69, 9.17) is 0 Å². The molecule has 1 heteroatoms. The summed E-state index contributed by atoms with van der Waals surface area (Å²) in [6.45, 7) is 7.32. The zero-order valence-corrected chi connectivity index (χ0v) is 12.4. The van der Waals surface area contributed by atoms with Gasteiger partial charge in [0.05, 0.1) is 0 Å². The highest BCUT2D eigenvalue weighted by Gasteiger charge is 1.94. The lowest BCUT2D eigenvalue weighted by atomic mass is 10.0. The second kappa shape index (κ2) is 12.2. The summed E-state index contributed by atoms with van der Waals surface area (Å²) in [5.41, 5.74) is 1.34. The molecule has 0 spiro atoms. The SMILES string of the molecule is C=C(C)CCCCCCCCCCCN(C)C. The van der Waals surface area contributed by atoms with E-state index in [-0.39, 0.29) is 0 Å². The van der Waals surface area contributed by atoms with E-state index in [1.807, 2.05) is 0 Å². The number of allylic oxidation sites excluding steroid dienone is 1. The third kappa shape index (κ3) is 15.7. The van der Waals surface area contributed by atoms with Crippen LogP contribution in [0.25, 0.3) is 0 Å². The molecule has 0 fully saturated rings. The van der Waals surface area contributed by atoms with Crippen LogP contribution in [-0.4, -0.2) is 25.5 Å². The van der Waals surface area contributed by atoms with Gasteiger partial charge >= 0.3 is 0 Å². The minimum Gasteiger partial charge on any atom is -0.309 e. The van der Waals surface area contributed by atoms with E-state index in [0.29, 0.717) is 0 Å². The molecule has 0 aliphatic carbocycles. The molecule has 0 radical (unpaired) electrons. The molecule has 0 bridgehead atoms. The van der Waals surface area contributed by atoms with Crippen LogP contribution in [0.15, 0.2) is 12.2 Å². The normalized spacial score (nSPS) is 11.1. The van der Waals surface area contributed by atoms with Gasteiger partial charge in [-0.3, -0.25) is 0 Å². The maximum atomic E-state index is 3.94. The molecule has 0 N–H and O–H groups in total. The second-order valence-electron chi connectivity index (χ2n) is 5.69. The van der Waals surface area contributed by atoms with Gasteiger partial charge in [0.25, 0.3) is 0 Å². The predicted molar refractivity (Wildman–Crippen MR) is 79.5 cm³/mol. The minimum atomic E-state index is 1.23. The summed E-state index contributed by atoms with van der Waals surface area (Å²) in [5, 5.41) is 0. The van der Waals surface area contributed by atoms with Crippen LogP contribution in [0, 0.1) is 0 Å². The lowest BCUT2D eigenvalue weighted by Gasteiger charge is -2.08. The fourth-order valence-corrected chi connectivity index (χ4v) is 2.09. The third-order valence-electron chi connectivity index (χ3n) is 3.21. The molecule has 0 amide bonds. The molecule has 102 valence electrons. The molecule has 0 saturated carbocycles. The van der Waals surface area contributed by atoms with E-state index in [0.717, 1.165) is 0 Å². The number of unbranched alkanes of at least 4 members (excludes halogenated alkanes) is 8. The van der Waals surface area contributed by atoms with E-state index in [2.05, 4.69) is 32.5 Å². The fourth-order valence-electron chi connectivity index (χ4n) is 2.09. The summed E-state index contributed by atoms with van der Waals surface area (Å²) in [4.78, 5) is 2.28. The summed E-state index contributed by atoms with van der Waals surface area (Å²) >= 11 is 0. The van der Waals surface area contributed by atoms with Crippen LogP contribution in [0.1, 0.15) is 71.1 Å². The van der Waals surface area contributed by atoms with Crippen LogP contribution in [0.2, 0.25) is 0 Å². The average Bonchev–Trinajstić information content (AvgIpc) is 2.25. The van der Waals surface area contributed by atoms with E-state index in [9.17, 15) is 0 Å². The predicted octanol–water partition coefficient (Wildman–Crippen LogP) is 5.03. The van der Waals surface area contributed by atoms with Crippen LogP contribution in [-0.2, 0) is 0 Å². The van der Waals surface area contributed by atoms with E-state index in [1.54, 1.807) is 0 Å². The molecule has 0 aliphatic rings. The summed E-state index contributed by atoms with van der Waals surface area (Å²) in [7, 11) is 4.32. The molecule has 0 saturated heterocycles. The fraction of sp³-hybridized carbons (Fsp3) is 0.875. The Kier molecular flexibility index (Phi) is 12.0. The Balaban J connectivity index is 2.96. The summed E-state index contributed by atoms with van der Waals surface area (Å²) in [5.74, 6) is 0. The van der Waals surface area contributed by atoms with Crippen molar-refractivity contribution in [3.8, 4) is 0 Å². The van der Waals surface area contributed by atoms with Gasteiger partial charge in [-0.05, 0) is 46.8 Å². The van der Waals surface area contributed by atoms with Crippen LogP contribution in [0.4, 0.5) is 0 Å². The quantitative estimate of drug-likeness (QED) is 0.341. The topological polar surface area (TPSA) is 3.24 Å².